The molecule has 2 radical (unpaired) electrons. The summed E-state index contributed by atoms with van der Waals surface area (Å²) in [5, 5.41) is 0. The Bertz CT molecular complexity index is 130. The zero-order valence-electron chi connectivity index (χ0n) is 7.33. The smallest absolute Gasteiger partial charge is 0.384 e. The van der Waals surface area contributed by atoms with E-state index in [0.29, 0.717) is 0 Å². The van der Waals surface area contributed by atoms with Crippen molar-refractivity contribution in [2.75, 3.05) is 6.54 Å². The van der Waals surface area contributed by atoms with Gasteiger partial charge in [0.2, 0.25) is 0 Å². The maximum atomic E-state index is 10.7. The number of hydrogen-bond acceptors (Lipinski definition) is 2. The van der Waals surface area contributed by atoms with Crippen LogP contribution in [0.1, 0.15) is 27.2 Å². The highest BCUT2D eigenvalue weighted by Gasteiger charge is 2.18. The molecule has 1 rings (SSSR count). The predicted octanol–water partition coefficient (Wildman–Crippen LogP) is 1.33. The minimum Gasteiger partial charge on any atom is -0.448 e. The number of ether oxygens (including phenoxy) is 1. The summed E-state index contributed by atoms with van der Waals surface area (Å²) in [6.07, 6.45) is 0.781. The zero-order valence-corrected chi connectivity index (χ0v) is 8.49. The Kier molecular flexibility index (Phi) is 5.35. The number of hydrogen-bond donors (Lipinski definition) is 0. The lowest BCUT2D eigenvalue weighted by Crippen LogP contribution is -2.39. The van der Waals surface area contributed by atoms with Crippen molar-refractivity contribution in [2.45, 2.75) is 33.3 Å². The first-order valence-corrected chi connectivity index (χ1v) is 4.44. The highest BCUT2D eigenvalue weighted by Crippen LogP contribution is 2.07. The van der Waals surface area contributed by atoms with Gasteiger partial charge in [0.25, 0.3) is 0 Å². The van der Waals surface area contributed by atoms with Crippen molar-refractivity contribution in [3.05, 3.63) is 0 Å². The Morgan fingerprint density at radius 3 is 2.55 bits per heavy atom. The van der Waals surface area contributed by atoms with Crippen LogP contribution in [-0.2, 0) is 4.74 Å². The Hall–Kier alpha value is -0.198. The van der Waals surface area contributed by atoms with Crippen LogP contribution in [0.2, 0.25) is 0 Å². The van der Waals surface area contributed by atoms with Gasteiger partial charge in [-0.3, -0.25) is 0 Å². The van der Waals surface area contributed by atoms with E-state index in [1.165, 1.54) is 3.88 Å². The maximum absolute atomic E-state index is 10.7. The monoisotopic (exact) mass is 171 g/mol. The largest absolute Gasteiger partial charge is 0.448 e. The summed E-state index contributed by atoms with van der Waals surface area (Å²) in [4.78, 5) is 10.7. The average molecular weight is 171 g/mol. The first-order chi connectivity index (χ1) is 5.20. The van der Waals surface area contributed by atoms with Crippen molar-refractivity contribution in [3.63, 3.8) is 0 Å². The number of amides is 1. The van der Waals surface area contributed by atoms with Crippen molar-refractivity contribution in [2.24, 2.45) is 0 Å². The molecule has 0 spiro atoms. The van der Waals surface area contributed by atoms with Crippen LogP contribution in [0.25, 0.3) is 0 Å². The lowest BCUT2D eigenvalue weighted by molar-refractivity contribution is 0.0583. The summed E-state index contributed by atoms with van der Waals surface area (Å²) >= 11 is 2.32. The molecule has 3 nitrogen and oxygen atoms in total. The molecule has 0 aromatic carbocycles. The van der Waals surface area contributed by atoms with E-state index >= 15 is 0 Å². The van der Waals surface area contributed by atoms with Crippen LogP contribution in [0.4, 0.5) is 4.79 Å². The SMILES string of the molecule is CC.CC1CC[N]([Al])C(=O)O1. The van der Waals surface area contributed by atoms with Crippen molar-refractivity contribution in [3.8, 4) is 0 Å². The molecule has 1 amide bonds. The van der Waals surface area contributed by atoms with Crippen LogP contribution in [0.15, 0.2) is 0 Å². The topological polar surface area (TPSA) is 29.5 Å². The maximum Gasteiger partial charge on any atom is 0.384 e. The first-order valence-electron chi connectivity index (χ1n) is 3.93. The van der Waals surface area contributed by atoms with E-state index < -0.39 is 0 Å². The van der Waals surface area contributed by atoms with Crippen LogP contribution in [0.5, 0.6) is 0 Å². The molecule has 1 aliphatic rings. The summed E-state index contributed by atoms with van der Waals surface area (Å²) < 4.78 is 6.36. The van der Waals surface area contributed by atoms with E-state index in [4.69, 9.17) is 4.74 Å². The van der Waals surface area contributed by atoms with Gasteiger partial charge in [-0.15, -0.1) is 0 Å². The summed E-state index contributed by atoms with van der Waals surface area (Å²) in [6, 6.07) is 0. The summed E-state index contributed by atoms with van der Waals surface area (Å²) in [7, 11) is 0. The van der Waals surface area contributed by atoms with E-state index in [0.717, 1.165) is 13.0 Å². The van der Waals surface area contributed by atoms with E-state index in [9.17, 15) is 4.79 Å². The van der Waals surface area contributed by atoms with Gasteiger partial charge >= 0.3 is 22.6 Å². The molecular formula is C7H14AlNO2. The van der Waals surface area contributed by atoms with Gasteiger partial charge in [-0.05, 0) is 13.3 Å². The standard InChI is InChI=1S/C5H9NO2.C2H6.Al/c1-4-2-3-6-5(7)8-4;1-2;/h4H,2-3H2,1H3,(H,6,7);1-2H3;/q;;+1/p-1. The van der Waals surface area contributed by atoms with Gasteiger partial charge in [-0.25, -0.2) is 4.79 Å². The lowest BCUT2D eigenvalue weighted by atomic mass is 10.3. The fourth-order valence-electron chi connectivity index (χ4n) is 0.711. The van der Waals surface area contributed by atoms with Crippen molar-refractivity contribution >= 4 is 22.6 Å². The average Bonchev–Trinajstić information content (AvgIpc) is 2.02. The summed E-state index contributed by atoms with van der Waals surface area (Å²) in [5.74, 6) is 0. The minimum absolute atomic E-state index is 0.0919. The number of cyclic esters (lactones) is 1. The Labute approximate surface area is 76.3 Å². The molecule has 0 bridgehead atoms. The second-order valence-corrected chi connectivity index (χ2v) is 2.80. The molecule has 1 saturated heterocycles. The van der Waals surface area contributed by atoms with Crippen molar-refractivity contribution < 1.29 is 9.53 Å². The van der Waals surface area contributed by atoms with E-state index in [2.05, 4.69) is 16.5 Å². The Morgan fingerprint density at radius 1 is 1.64 bits per heavy atom. The zero-order chi connectivity index (χ0) is 8.85. The van der Waals surface area contributed by atoms with Crippen LogP contribution in [0.3, 0.4) is 0 Å². The molecule has 1 atom stereocenters. The number of carbonyl (C=O) groups excluding carboxylic acids is 1. The van der Waals surface area contributed by atoms with Crippen molar-refractivity contribution in [1.29, 1.82) is 0 Å². The third-order valence-electron chi connectivity index (χ3n) is 1.31. The highest BCUT2D eigenvalue weighted by atomic mass is 27.1. The first kappa shape index (κ1) is 10.8. The van der Waals surface area contributed by atoms with Crippen LogP contribution >= 0.6 is 0 Å². The molecular weight excluding hydrogens is 157 g/mol. The van der Waals surface area contributed by atoms with Gasteiger partial charge in [0.05, 0.1) is 0 Å². The fourth-order valence-corrected chi connectivity index (χ4v) is 0.921. The summed E-state index contributed by atoms with van der Waals surface area (Å²) in [5.41, 5.74) is 0. The normalized spacial score (nSPS) is 23.4. The second-order valence-electron chi connectivity index (χ2n) is 2.18. The molecule has 0 aromatic heterocycles. The third-order valence-corrected chi connectivity index (χ3v) is 1.78. The van der Waals surface area contributed by atoms with Gasteiger partial charge in [-0.1, -0.05) is 13.8 Å². The Balaban J connectivity index is 0.000000461. The quantitative estimate of drug-likeness (QED) is 0.514. The van der Waals surface area contributed by atoms with E-state index in [1.807, 2.05) is 20.8 Å². The molecule has 0 aliphatic carbocycles. The molecule has 1 aliphatic heterocycles. The highest BCUT2D eigenvalue weighted by molar-refractivity contribution is 6.12. The molecule has 0 aromatic rings. The van der Waals surface area contributed by atoms with Gasteiger partial charge < -0.3 is 8.62 Å². The number of nitrogens with zero attached hydrogens (tertiary/aromatic N) is 1. The molecule has 11 heavy (non-hydrogen) atoms. The third kappa shape index (κ3) is 3.64. The van der Waals surface area contributed by atoms with Gasteiger partial charge in [0, 0.05) is 6.54 Å². The summed E-state index contributed by atoms with van der Waals surface area (Å²) in [6.45, 7) is 6.68. The number of rotatable bonds is 0. The van der Waals surface area contributed by atoms with Gasteiger partial charge in [-0.2, -0.15) is 0 Å². The molecule has 62 valence electrons. The molecule has 0 N–H and O–H groups in total. The van der Waals surface area contributed by atoms with Crippen LogP contribution < -0.4 is 0 Å². The predicted molar refractivity (Wildman–Crippen MR) is 44.4 cm³/mol. The molecule has 0 saturated carbocycles. The van der Waals surface area contributed by atoms with Crippen LogP contribution in [0, 0.1) is 0 Å². The number of carbonyl (C=O) groups is 1. The van der Waals surface area contributed by atoms with Gasteiger partial charge in [0.15, 0.2) is 0 Å². The Morgan fingerprint density at radius 2 is 2.18 bits per heavy atom. The van der Waals surface area contributed by atoms with Gasteiger partial charge in [0.1, 0.15) is 6.10 Å². The van der Waals surface area contributed by atoms with Crippen molar-refractivity contribution in [1.82, 2.24) is 3.88 Å². The van der Waals surface area contributed by atoms with E-state index in [-0.39, 0.29) is 12.2 Å². The molecule has 1 unspecified atom stereocenters. The second kappa shape index (κ2) is 5.45. The fraction of sp³-hybridized carbons (Fsp3) is 0.857. The van der Waals surface area contributed by atoms with Crippen LogP contribution in [-0.4, -0.2) is 39.1 Å². The van der Waals surface area contributed by atoms with E-state index in [1.54, 1.807) is 0 Å². The minimum atomic E-state index is -0.237. The molecule has 1 heterocycles. The lowest BCUT2D eigenvalue weighted by Gasteiger charge is -2.28. The molecule has 4 heteroatoms. The molecule has 1 fully saturated rings.